The van der Waals surface area contributed by atoms with Crippen LogP contribution < -0.4 is 11.1 Å². The van der Waals surface area contributed by atoms with Gasteiger partial charge in [-0.2, -0.15) is 20.4 Å². The van der Waals surface area contributed by atoms with Crippen molar-refractivity contribution in [2.24, 2.45) is 5.73 Å². The van der Waals surface area contributed by atoms with Crippen LogP contribution in [0.15, 0.2) is 48.9 Å². The second kappa shape index (κ2) is 10.4. The number of rotatable bonds is 7. The van der Waals surface area contributed by atoms with E-state index in [4.69, 9.17) is 10.5 Å². The van der Waals surface area contributed by atoms with Gasteiger partial charge in [-0.3, -0.25) is 23.7 Å². The summed E-state index contributed by atoms with van der Waals surface area (Å²) in [5.41, 5.74) is 7.50. The second-order valence-electron chi connectivity index (χ2n) is 9.77. The van der Waals surface area contributed by atoms with Gasteiger partial charge in [-0.1, -0.05) is 6.07 Å². The Morgan fingerprint density at radius 2 is 1.98 bits per heavy atom. The smallest absolute Gasteiger partial charge is 0.331 e. The minimum Gasteiger partial charge on any atom is -0.464 e. The van der Waals surface area contributed by atoms with Gasteiger partial charge in [0.1, 0.15) is 18.8 Å². The summed E-state index contributed by atoms with van der Waals surface area (Å²) in [5.74, 6) is -2.20. The molecule has 0 bridgehead atoms. The molecule has 2 aliphatic rings. The molecule has 15 heteroatoms. The zero-order valence-electron chi connectivity index (χ0n) is 21.5. The first-order valence-corrected chi connectivity index (χ1v) is 12.8. The number of alkyl halides is 1. The number of hydrogen-bond acceptors (Lipinski definition) is 9. The van der Waals surface area contributed by atoms with Crippen molar-refractivity contribution in [2.75, 3.05) is 18.5 Å². The first kappa shape index (κ1) is 26.0. The lowest BCUT2D eigenvalue weighted by Gasteiger charge is -2.23. The number of cyclic esters (lactones) is 1. The van der Waals surface area contributed by atoms with E-state index in [2.05, 4.69) is 25.7 Å². The molecule has 3 atom stereocenters. The van der Waals surface area contributed by atoms with Gasteiger partial charge in [0.2, 0.25) is 11.8 Å². The molecular formula is C26H24FN9O5. The molecule has 3 amide bonds. The Morgan fingerprint density at radius 1 is 1.12 bits per heavy atom. The predicted octanol–water partition coefficient (Wildman–Crippen LogP) is 0.854. The average Bonchev–Trinajstić information content (AvgIpc) is 3.75. The number of aromatic nitrogens is 6. The largest absolute Gasteiger partial charge is 0.464 e. The zero-order valence-corrected chi connectivity index (χ0v) is 21.5. The summed E-state index contributed by atoms with van der Waals surface area (Å²) in [6.07, 6.45) is 3.50. The maximum Gasteiger partial charge on any atom is 0.331 e. The van der Waals surface area contributed by atoms with Crippen LogP contribution in [0, 0.1) is 0 Å². The molecule has 2 aliphatic heterocycles. The third kappa shape index (κ3) is 4.97. The summed E-state index contributed by atoms with van der Waals surface area (Å²) < 4.78 is 22.2. The molecular weight excluding hydrogens is 537 g/mol. The van der Waals surface area contributed by atoms with Gasteiger partial charge >= 0.3 is 5.97 Å². The number of amides is 3. The summed E-state index contributed by atoms with van der Waals surface area (Å²) in [5, 5.41) is 19.1. The minimum absolute atomic E-state index is 0.0301. The quantitative estimate of drug-likeness (QED) is 0.309. The molecule has 210 valence electrons. The van der Waals surface area contributed by atoms with Crippen molar-refractivity contribution in [3.63, 3.8) is 0 Å². The zero-order chi connectivity index (χ0) is 28.7. The molecule has 5 heterocycles. The number of fused-ring (bicyclic) bond motifs is 1. The van der Waals surface area contributed by atoms with Gasteiger partial charge in [0.25, 0.3) is 5.91 Å². The van der Waals surface area contributed by atoms with E-state index in [1.165, 1.54) is 27.8 Å². The number of anilines is 1. The van der Waals surface area contributed by atoms with Crippen molar-refractivity contribution >= 4 is 40.4 Å². The number of nitrogens with one attached hydrogen (secondary N) is 1. The Bertz CT molecular complexity index is 1670. The summed E-state index contributed by atoms with van der Waals surface area (Å²) in [6, 6.07) is 6.78. The van der Waals surface area contributed by atoms with E-state index in [1.807, 2.05) is 0 Å². The van der Waals surface area contributed by atoms with Gasteiger partial charge < -0.3 is 20.7 Å². The number of ether oxygens (including phenoxy) is 1. The van der Waals surface area contributed by atoms with Crippen LogP contribution in [0.25, 0.3) is 22.0 Å². The summed E-state index contributed by atoms with van der Waals surface area (Å²) in [6.45, 7) is -0.340. The van der Waals surface area contributed by atoms with Gasteiger partial charge in [0.15, 0.2) is 17.6 Å². The standard InChI is InChI=1S/C26H24FN9O5/c27-16-10-20(25(39)31-21-4-7-35(32-21)19-5-8-41-26(19)40)34(12-16)22(37)13-36-18-2-1-14(15-3-6-29-30-11-15)9-17(18)23(33-36)24(28)38/h1-4,6-7,9,11,16,19-20H,5,8,10,12-13H2,(H2,28,38)(H,31,32,39). The number of nitrogens with zero attached hydrogens (tertiary/aromatic N) is 7. The van der Waals surface area contributed by atoms with Crippen molar-refractivity contribution in [3.8, 4) is 11.1 Å². The molecule has 14 nitrogen and oxygen atoms in total. The van der Waals surface area contributed by atoms with Crippen LogP contribution in [-0.4, -0.2) is 83.7 Å². The van der Waals surface area contributed by atoms with Crippen LogP contribution in [0.2, 0.25) is 0 Å². The Balaban J connectivity index is 1.21. The maximum atomic E-state index is 14.5. The summed E-state index contributed by atoms with van der Waals surface area (Å²) in [4.78, 5) is 51.6. The maximum absolute atomic E-state index is 14.5. The normalized spacial score (nSPS) is 20.4. The lowest BCUT2D eigenvalue weighted by Crippen LogP contribution is -2.44. The highest BCUT2D eigenvalue weighted by Crippen LogP contribution is 2.28. The van der Waals surface area contributed by atoms with E-state index in [-0.39, 0.29) is 37.6 Å². The molecule has 0 radical (unpaired) electrons. The van der Waals surface area contributed by atoms with E-state index in [9.17, 15) is 23.6 Å². The van der Waals surface area contributed by atoms with Crippen LogP contribution in [0.4, 0.5) is 10.2 Å². The third-order valence-electron chi connectivity index (χ3n) is 7.15. The van der Waals surface area contributed by atoms with E-state index < -0.39 is 41.9 Å². The highest BCUT2D eigenvalue weighted by molar-refractivity contribution is 6.05. The molecule has 3 aromatic heterocycles. The predicted molar refractivity (Wildman–Crippen MR) is 140 cm³/mol. The van der Waals surface area contributed by atoms with Crippen molar-refractivity contribution < 1.29 is 28.3 Å². The third-order valence-corrected chi connectivity index (χ3v) is 7.15. The lowest BCUT2D eigenvalue weighted by molar-refractivity contribution is -0.140. The Kier molecular flexibility index (Phi) is 6.61. The van der Waals surface area contributed by atoms with Gasteiger partial charge in [0.05, 0.1) is 31.1 Å². The van der Waals surface area contributed by atoms with Crippen molar-refractivity contribution in [2.45, 2.75) is 37.6 Å². The van der Waals surface area contributed by atoms with Crippen LogP contribution >= 0.6 is 0 Å². The number of carbonyl (C=O) groups is 4. The van der Waals surface area contributed by atoms with Crippen molar-refractivity contribution in [1.82, 2.24) is 34.7 Å². The molecule has 2 fully saturated rings. The van der Waals surface area contributed by atoms with Gasteiger partial charge in [-0.25, -0.2) is 9.18 Å². The van der Waals surface area contributed by atoms with Crippen LogP contribution in [0.1, 0.15) is 29.4 Å². The first-order chi connectivity index (χ1) is 19.8. The number of halogens is 1. The fourth-order valence-electron chi connectivity index (χ4n) is 5.16. The topological polar surface area (TPSA) is 180 Å². The van der Waals surface area contributed by atoms with Crippen LogP contribution in [0.5, 0.6) is 0 Å². The molecule has 2 saturated heterocycles. The fourth-order valence-corrected chi connectivity index (χ4v) is 5.16. The molecule has 3 unspecified atom stereocenters. The molecule has 0 spiro atoms. The number of hydrogen-bond donors (Lipinski definition) is 2. The molecule has 0 saturated carbocycles. The first-order valence-electron chi connectivity index (χ1n) is 12.8. The molecule has 1 aromatic carbocycles. The average molecular weight is 562 g/mol. The highest BCUT2D eigenvalue weighted by atomic mass is 19.1. The Hall–Kier alpha value is -5.21. The monoisotopic (exact) mass is 561 g/mol. The molecule has 3 N–H and O–H groups in total. The number of carbonyl (C=O) groups excluding carboxylic acids is 4. The lowest BCUT2D eigenvalue weighted by atomic mass is 10.0. The van der Waals surface area contributed by atoms with Crippen molar-refractivity contribution in [3.05, 3.63) is 54.6 Å². The second-order valence-corrected chi connectivity index (χ2v) is 9.77. The summed E-state index contributed by atoms with van der Waals surface area (Å²) in [7, 11) is 0. The van der Waals surface area contributed by atoms with Gasteiger partial charge in [0, 0.05) is 36.1 Å². The molecule has 6 rings (SSSR count). The Morgan fingerprint density at radius 3 is 2.71 bits per heavy atom. The van der Waals surface area contributed by atoms with E-state index in [0.717, 1.165) is 16.0 Å². The van der Waals surface area contributed by atoms with E-state index in [0.29, 0.717) is 17.3 Å². The van der Waals surface area contributed by atoms with Crippen molar-refractivity contribution in [1.29, 1.82) is 0 Å². The Labute approximate surface area is 231 Å². The summed E-state index contributed by atoms with van der Waals surface area (Å²) >= 11 is 0. The molecule has 0 aliphatic carbocycles. The van der Waals surface area contributed by atoms with Crippen LogP contribution in [0.3, 0.4) is 0 Å². The minimum atomic E-state index is -1.41. The number of likely N-dealkylation sites (tertiary alicyclic amines) is 1. The van der Waals surface area contributed by atoms with Gasteiger partial charge in [-0.05, 0) is 23.8 Å². The van der Waals surface area contributed by atoms with Crippen LogP contribution in [-0.2, 0) is 25.7 Å². The fraction of sp³-hybridized carbons (Fsp3) is 0.308. The number of primary amides is 1. The SMILES string of the molecule is NC(=O)c1nn(CC(=O)N2CC(F)CC2C(=O)Nc2ccn(C3CCOC3=O)n2)c2ccc(-c3ccnnc3)cc12. The highest BCUT2D eigenvalue weighted by Gasteiger charge is 2.40. The van der Waals surface area contributed by atoms with Gasteiger partial charge in [-0.15, -0.1) is 0 Å². The number of nitrogens with two attached hydrogens (primary N) is 1. The molecule has 4 aromatic rings. The van der Waals surface area contributed by atoms with E-state index >= 15 is 0 Å². The molecule has 41 heavy (non-hydrogen) atoms. The van der Waals surface area contributed by atoms with E-state index in [1.54, 1.807) is 30.5 Å². The number of benzene rings is 1. The number of esters is 1.